The fourth-order valence-corrected chi connectivity index (χ4v) is 10.9. The highest BCUT2D eigenvalue weighted by Crippen LogP contribution is 2.63. The third-order valence-corrected chi connectivity index (χ3v) is 14.1. The van der Waals surface area contributed by atoms with Crippen LogP contribution < -0.4 is 20.1 Å². The molecule has 7 atom stereocenters. The predicted molar refractivity (Wildman–Crippen MR) is 240 cm³/mol. The van der Waals surface area contributed by atoms with Gasteiger partial charge in [-0.2, -0.15) is 0 Å². The van der Waals surface area contributed by atoms with Gasteiger partial charge in [0.15, 0.2) is 11.5 Å². The second-order valence-electron chi connectivity index (χ2n) is 19.9. The molecule has 0 radical (unpaired) electrons. The minimum absolute atomic E-state index is 0.293. The monoisotopic (exact) mass is 838 g/mol. The van der Waals surface area contributed by atoms with Crippen molar-refractivity contribution in [2.24, 2.45) is 5.92 Å². The normalized spacial score (nSPS) is 23.9. The average molecular weight is 838 g/mol. The highest BCUT2D eigenvalue weighted by Gasteiger charge is 2.65. The van der Waals surface area contributed by atoms with Crippen molar-refractivity contribution in [2.75, 3.05) is 13.6 Å². The average Bonchev–Trinajstić information content (AvgIpc) is 3.56. The predicted octanol–water partition coefficient (Wildman–Crippen LogP) is 10.6. The summed E-state index contributed by atoms with van der Waals surface area (Å²) in [7, 11) is 2.21. The van der Waals surface area contributed by atoms with Gasteiger partial charge in [-0.1, -0.05) is 148 Å². The first kappa shape index (κ1) is 48.2. The maximum absolute atomic E-state index is 14.4. The molecule has 60 heavy (non-hydrogen) atoms. The Morgan fingerprint density at radius 1 is 0.800 bits per heavy atom. The number of unbranched alkanes of at least 4 members (excludes halogenated alkanes) is 18. The Labute approximate surface area is 363 Å². The van der Waals surface area contributed by atoms with Crippen LogP contribution in [0.2, 0.25) is 0 Å². The Hall–Kier alpha value is -2.85. The maximum Gasteiger partial charge on any atom is 0.408 e. The van der Waals surface area contributed by atoms with Crippen LogP contribution in [0.4, 0.5) is 4.79 Å². The van der Waals surface area contributed by atoms with Crippen molar-refractivity contribution < 1.29 is 33.7 Å². The second kappa shape index (κ2) is 23.6. The first-order chi connectivity index (χ1) is 28.9. The van der Waals surface area contributed by atoms with E-state index in [4.69, 9.17) is 14.2 Å². The number of benzene rings is 1. The minimum Gasteiger partial charge on any atom is -0.483 e. The summed E-state index contributed by atoms with van der Waals surface area (Å²) in [5.74, 6) is 0.398. The molecular weight excluding hydrogens is 755 g/mol. The van der Waals surface area contributed by atoms with Crippen LogP contribution in [0.25, 0.3) is 0 Å². The number of nitrogens with zero attached hydrogens (tertiary/aromatic N) is 1. The van der Waals surface area contributed by atoms with E-state index < -0.39 is 41.8 Å². The number of aliphatic hydroxyl groups is 1. The van der Waals surface area contributed by atoms with Crippen LogP contribution in [0.15, 0.2) is 12.1 Å². The summed E-state index contributed by atoms with van der Waals surface area (Å²) in [6.07, 6.45) is 26.0. The molecule has 2 bridgehead atoms. The van der Waals surface area contributed by atoms with Crippen LogP contribution in [-0.2, 0) is 26.2 Å². The molecule has 5 rings (SSSR count). The number of ether oxygens (including phenoxy) is 3. The van der Waals surface area contributed by atoms with Crippen LogP contribution in [0, 0.1) is 5.92 Å². The Bertz CT molecular complexity index is 1510. The topological polar surface area (TPSA) is 126 Å². The number of carbonyl (C=O) groups excluding carboxylic acids is 3. The van der Waals surface area contributed by atoms with E-state index >= 15 is 0 Å². The molecule has 2 aliphatic heterocycles. The Morgan fingerprint density at radius 2 is 1.35 bits per heavy atom. The van der Waals surface area contributed by atoms with E-state index in [9.17, 15) is 19.5 Å². The zero-order valence-corrected chi connectivity index (χ0v) is 38.6. The molecule has 10 heteroatoms. The maximum atomic E-state index is 14.4. The lowest BCUT2D eigenvalue weighted by atomic mass is 9.51. The van der Waals surface area contributed by atoms with Gasteiger partial charge in [-0.25, -0.2) is 9.59 Å². The second-order valence-corrected chi connectivity index (χ2v) is 19.9. The fraction of sp³-hybridized carbons (Fsp3) is 0.820. The van der Waals surface area contributed by atoms with E-state index in [0.717, 1.165) is 76.3 Å². The molecule has 2 fully saturated rings. The van der Waals surface area contributed by atoms with Gasteiger partial charge in [-0.15, -0.1) is 0 Å². The molecule has 3 N–H and O–H groups in total. The Morgan fingerprint density at radius 3 is 1.92 bits per heavy atom. The smallest absolute Gasteiger partial charge is 0.408 e. The fourth-order valence-electron chi connectivity index (χ4n) is 10.9. The zero-order chi connectivity index (χ0) is 43.1. The van der Waals surface area contributed by atoms with Crippen LogP contribution in [0.5, 0.6) is 11.5 Å². The minimum atomic E-state index is -0.904. The molecule has 10 nitrogen and oxygen atoms in total. The quantitative estimate of drug-likeness (QED) is 0.0454. The molecule has 340 valence electrons. The van der Waals surface area contributed by atoms with Crippen molar-refractivity contribution in [1.29, 1.82) is 0 Å². The van der Waals surface area contributed by atoms with Crippen molar-refractivity contribution in [3.8, 4) is 11.5 Å². The van der Waals surface area contributed by atoms with E-state index in [1.165, 1.54) is 89.0 Å². The van der Waals surface area contributed by atoms with E-state index in [1.807, 2.05) is 6.07 Å². The highest BCUT2D eigenvalue weighted by atomic mass is 16.6. The number of hydrogen-bond donors (Lipinski definition) is 3. The number of amides is 2. The molecule has 1 saturated heterocycles. The first-order valence-corrected chi connectivity index (χ1v) is 24.6. The van der Waals surface area contributed by atoms with E-state index in [0.29, 0.717) is 42.7 Å². The largest absolute Gasteiger partial charge is 0.483 e. The van der Waals surface area contributed by atoms with E-state index in [1.54, 1.807) is 20.8 Å². The summed E-state index contributed by atoms with van der Waals surface area (Å²) in [6, 6.07) is 2.58. The van der Waals surface area contributed by atoms with Gasteiger partial charge in [0, 0.05) is 17.0 Å². The van der Waals surface area contributed by atoms with Crippen molar-refractivity contribution in [3.63, 3.8) is 0 Å². The SMILES string of the molecule is CCCCCCCCCCCCC(NC(=O)OC(C)(C)C)C(=O)NC(CCCCCCCCCCCC)C(=O)Oc1ccc2c3c1O[C@H]1[C@@H](O)CC[C@H]4[C@@H](C2)N(C)CC[C@@]341. The highest BCUT2D eigenvalue weighted by molar-refractivity contribution is 5.90. The number of likely N-dealkylation sites (tertiary alicyclic amines) is 1. The van der Waals surface area contributed by atoms with Gasteiger partial charge in [0.25, 0.3) is 0 Å². The van der Waals surface area contributed by atoms with Crippen LogP contribution >= 0.6 is 0 Å². The number of hydrogen-bond acceptors (Lipinski definition) is 8. The third-order valence-electron chi connectivity index (χ3n) is 14.1. The van der Waals surface area contributed by atoms with Crippen molar-refractivity contribution in [2.45, 2.75) is 243 Å². The van der Waals surface area contributed by atoms with Crippen molar-refractivity contribution in [1.82, 2.24) is 15.5 Å². The number of carbonyl (C=O) groups is 3. The van der Waals surface area contributed by atoms with Gasteiger partial charge >= 0.3 is 12.1 Å². The lowest BCUT2D eigenvalue weighted by Crippen LogP contribution is -2.66. The summed E-state index contributed by atoms with van der Waals surface area (Å²) >= 11 is 0. The molecule has 2 unspecified atom stereocenters. The lowest BCUT2D eigenvalue weighted by molar-refractivity contribution is -0.140. The van der Waals surface area contributed by atoms with Crippen LogP contribution in [-0.4, -0.2) is 77.5 Å². The van der Waals surface area contributed by atoms with E-state index in [-0.39, 0.29) is 11.5 Å². The molecule has 2 amide bonds. The van der Waals surface area contributed by atoms with Crippen molar-refractivity contribution in [3.05, 3.63) is 23.3 Å². The van der Waals surface area contributed by atoms with E-state index in [2.05, 4.69) is 42.5 Å². The molecule has 2 aliphatic carbocycles. The summed E-state index contributed by atoms with van der Waals surface area (Å²) in [5.41, 5.74) is 1.33. The van der Waals surface area contributed by atoms with Gasteiger partial charge in [0.05, 0.1) is 6.10 Å². The van der Waals surface area contributed by atoms with Gasteiger partial charge in [-0.05, 0) is 90.4 Å². The summed E-state index contributed by atoms with van der Waals surface area (Å²) in [6.45, 7) is 10.8. The molecule has 1 aromatic rings. The first-order valence-electron chi connectivity index (χ1n) is 24.6. The number of alkyl carbamates (subject to hydrolysis) is 1. The molecule has 1 spiro atoms. The Kier molecular flexibility index (Phi) is 18.9. The summed E-state index contributed by atoms with van der Waals surface area (Å²) < 4.78 is 18.6. The third kappa shape index (κ3) is 12.9. The number of piperidine rings is 1. The molecule has 4 aliphatic rings. The summed E-state index contributed by atoms with van der Waals surface area (Å²) in [4.78, 5) is 44.0. The van der Waals surface area contributed by atoms with Gasteiger partial charge in [0.2, 0.25) is 5.91 Å². The standard InChI is InChI=1S/C50H83N3O7/c1-7-9-11-13-15-17-19-21-23-25-27-38(52-48(57)60-49(3,4)5)46(55)51-39(28-26-24-22-20-18-16-14-12-10-8-2)47(56)58-42-32-29-36-35-40-37-30-31-41(54)45-50(37,33-34-53(40)6)43(36)44(42)59-45/h29,32,37-41,45,54H,7-28,30-31,33-35H2,1-6H3,(H,51,55)(H,52,57)/t37-,38?,39?,40+,41-,45-,50-/m0/s1. The number of aliphatic hydroxyl groups excluding tert-OH is 1. The summed E-state index contributed by atoms with van der Waals surface area (Å²) in [5, 5.41) is 17.2. The molecule has 1 aromatic carbocycles. The molecule has 2 heterocycles. The van der Waals surface area contributed by atoms with Gasteiger partial charge in [0.1, 0.15) is 23.8 Å². The van der Waals surface area contributed by atoms with Gasteiger partial charge < -0.3 is 34.9 Å². The molecular formula is C50H83N3O7. The number of likely N-dealkylation sites (N-methyl/N-ethyl adjacent to an activating group) is 1. The van der Waals surface area contributed by atoms with Crippen molar-refractivity contribution >= 4 is 18.0 Å². The number of nitrogens with one attached hydrogen (secondary N) is 2. The van der Waals surface area contributed by atoms with Crippen LogP contribution in [0.1, 0.15) is 206 Å². The number of rotatable bonds is 27. The van der Waals surface area contributed by atoms with Gasteiger partial charge in [-0.3, -0.25) is 4.79 Å². The molecule has 1 saturated carbocycles. The Balaban J connectivity index is 1.27. The lowest BCUT2D eigenvalue weighted by Gasteiger charge is -2.58. The number of esters is 1. The van der Waals surface area contributed by atoms with Crippen LogP contribution in [0.3, 0.4) is 0 Å². The molecule has 0 aromatic heterocycles. The zero-order valence-electron chi connectivity index (χ0n) is 38.6.